The maximum Gasteiger partial charge on any atom is 0.256 e. The zero-order valence-electron chi connectivity index (χ0n) is 13.6. The van der Waals surface area contributed by atoms with Crippen LogP contribution in [-0.2, 0) is 0 Å². The Kier molecular flexibility index (Phi) is 4.84. The molecule has 1 fully saturated rings. The molecule has 1 aliphatic rings. The molecule has 1 saturated heterocycles. The number of piperazine rings is 1. The molecule has 3 rings (SSSR count). The first kappa shape index (κ1) is 16.2. The number of hydrogen-bond donors (Lipinski definition) is 2. The average Bonchev–Trinajstić information content (AvgIpc) is 3.17. The highest BCUT2D eigenvalue weighted by atomic mass is 32.1. The van der Waals surface area contributed by atoms with Gasteiger partial charge in [0.15, 0.2) is 0 Å². The monoisotopic (exact) mass is 333 g/mol. The number of nitrogens with zero attached hydrogens (tertiary/aromatic N) is 2. The van der Waals surface area contributed by atoms with E-state index in [-0.39, 0.29) is 18.6 Å². The highest BCUT2D eigenvalue weighted by molar-refractivity contribution is 7.15. The average molecular weight is 333 g/mol. The van der Waals surface area contributed by atoms with Gasteiger partial charge < -0.3 is 15.0 Å². The van der Waals surface area contributed by atoms with Crippen LogP contribution in [0.2, 0.25) is 0 Å². The maximum absolute atomic E-state index is 12.9. The molecule has 5 nitrogen and oxygen atoms in total. The van der Waals surface area contributed by atoms with E-state index in [1.54, 1.807) is 17.5 Å². The van der Waals surface area contributed by atoms with E-state index >= 15 is 0 Å². The normalized spacial score (nSPS) is 19.3. The predicted octanol–water partition coefficient (Wildman–Crippen LogP) is 2.19. The number of thiophene rings is 1. The van der Waals surface area contributed by atoms with Gasteiger partial charge >= 0.3 is 0 Å². The van der Waals surface area contributed by atoms with E-state index < -0.39 is 0 Å². The predicted molar refractivity (Wildman–Crippen MR) is 92.9 cm³/mol. The fraction of sp³-hybridized carbons (Fsp3) is 0.471. The topological polar surface area (TPSA) is 59.6 Å². The first-order valence-electron chi connectivity index (χ1n) is 7.98. The van der Waals surface area contributed by atoms with Crippen LogP contribution in [0.25, 0.3) is 10.4 Å². The first-order chi connectivity index (χ1) is 11.1. The number of aromatic nitrogens is 1. The van der Waals surface area contributed by atoms with Crippen LogP contribution in [0, 0.1) is 6.92 Å². The summed E-state index contributed by atoms with van der Waals surface area (Å²) in [5, 5.41) is 9.10. The number of H-pyrrole nitrogens is 1. The molecule has 0 saturated carbocycles. The number of β-amino-alcohol motifs (C(OH)–C–C–N with tert-alkyl or cyclic N) is 1. The lowest BCUT2D eigenvalue weighted by Crippen LogP contribution is -2.54. The molecular formula is C17H23N3O2S. The molecule has 0 bridgehead atoms. The molecule has 0 aromatic carbocycles. The Morgan fingerprint density at radius 1 is 1.39 bits per heavy atom. The largest absolute Gasteiger partial charge is 0.395 e. The molecule has 0 radical (unpaired) electrons. The lowest BCUT2D eigenvalue weighted by Gasteiger charge is -2.39. The minimum absolute atomic E-state index is 0.0859. The highest BCUT2D eigenvalue weighted by Gasteiger charge is 2.28. The lowest BCUT2D eigenvalue weighted by atomic mass is 10.1. The molecular weight excluding hydrogens is 310 g/mol. The summed E-state index contributed by atoms with van der Waals surface area (Å²) in [7, 11) is 0. The third-order valence-electron chi connectivity index (χ3n) is 4.42. The zero-order valence-corrected chi connectivity index (χ0v) is 14.4. The van der Waals surface area contributed by atoms with E-state index in [4.69, 9.17) is 5.11 Å². The fourth-order valence-corrected chi connectivity index (χ4v) is 4.03. The van der Waals surface area contributed by atoms with Crippen LogP contribution in [-0.4, -0.2) is 64.6 Å². The Bertz CT molecular complexity index is 679. The Morgan fingerprint density at radius 3 is 2.87 bits per heavy atom. The van der Waals surface area contributed by atoms with Gasteiger partial charge in [-0.2, -0.15) is 0 Å². The van der Waals surface area contributed by atoms with Crippen LogP contribution in [0.3, 0.4) is 0 Å². The van der Waals surface area contributed by atoms with Crippen molar-refractivity contribution in [2.24, 2.45) is 0 Å². The molecule has 1 atom stereocenters. The SMILES string of the molecule is Cc1ccc(-c2c[nH]cc2C(=O)N2CCN(CCO)C(C)C2)s1. The highest BCUT2D eigenvalue weighted by Crippen LogP contribution is 2.31. The lowest BCUT2D eigenvalue weighted by molar-refractivity contribution is 0.0471. The number of nitrogens with one attached hydrogen (secondary N) is 1. The standard InChI is InChI=1S/C17H23N3O2S/c1-12-11-20(6-5-19(12)7-8-21)17(22)15-10-18-9-14(15)16-4-3-13(2)23-16/h3-4,9-10,12,18,21H,5-8,11H2,1-2H3. The second kappa shape index (κ2) is 6.86. The van der Waals surface area contributed by atoms with Crippen molar-refractivity contribution in [3.8, 4) is 10.4 Å². The molecule has 2 aromatic rings. The molecule has 3 heterocycles. The molecule has 23 heavy (non-hydrogen) atoms. The smallest absolute Gasteiger partial charge is 0.256 e. The summed E-state index contributed by atoms with van der Waals surface area (Å²) in [5.74, 6) is 0.0859. The van der Waals surface area contributed by atoms with Gasteiger partial charge in [0.25, 0.3) is 5.91 Å². The quantitative estimate of drug-likeness (QED) is 0.902. The minimum Gasteiger partial charge on any atom is -0.395 e. The Balaban J connectivity index is 1.76. The third kappa shape index (κ3) is 3.34. The van der Waals surface area contributed by atoms with Gasteiger partial charge in [-0.3, -0.25) is 9.69 Å². The molecule has 2 N–H and O–H groups in total. The van der Waals surface area contributed by atoms with E-state index in [1.807, 2.05) is 11.1 Å². The van der Waals surface area contributed by atoms with E-state index in [1.165, 1.54) is 4.88 Å². The summed E-state index contributed by atoms with van der Waals surface area (Å²) in [4.78, 5) is 22.5. The molecule has 6 heteroatoms. The summed E-state index contributed by atoms with van der Waals surface area (Å²) in [6.45, 7) is 7.24. The number of hydrogen-bond acceptors (Lipinski definition) is 4. The summed E-state index contributed by atoms with van der Waals surface area (Å²) in [5.41, 5.74) is 1.73. The summed E-state index contributed by atoms with van der Waals surface area (Å²) in [6.07, 6.45) is 3.71. The number of rotatable bonds is 4. The number of aryl methyl sites for hydroxylation is 1. The minimum atomic E-state index is 0.0859. The van der Waals surface area contributed by atoms with Crippen LogP contribution in [0.15, 0.2) is 24.5 Å². The Labute approximate surface area is 140 Å². The third-order valence-corrected chi connectivity index (χ3v) is 5.46. The Morgan fingerprint density at radius 2 is 2.22 bits per heavy atom. The molecule has 0 aliphatic carbocycles. The summed E-state index contributed by atoms with van der Waals surface area (Å²) >= 11 is 1.70. The van der Waals surface area contributed by atoms with Gasteiger partial charge in [-0.15, -0.1) is 11.3 Å². The number of aliphatic hydroxyl groups is 1. The van der Waals surface area contributed by atoms with E-state index in [2.05, 4.69) is 35.9 Å². The van der Waals surface area contributed by atoms with E-state index in [9.17, 15) is 4.79 Å². The second-order valence-corrected chi connectivity index (χ2v) is 7.34. The van der Waals surface area contributed by atoms with Crippen LogP contribution >= 0.6 is 11.3 Å². The number of aromatic amines is 1. The van der Waals surface area contributed by atoms with Crippen LogP contribution in [0.1, 0.15) is 22.2 Å². The van der Waals surface area contributed by atoms with Crippen molar-refractivity contribution >= 4 is 17.2 Å². The van der Waals surface area contributed by atoms with Crippen molar-refractivity contribution in [1.29, 1.82) is 0 Å². The maximum atomic E-state index is 12.9. The molecule has 124 valence electrons. The molecule has 1 amide bonds. The van der Waals surface area contributed by atoms with Gasteiger partial charge in [-0.1, -0.05) is 0 Å². The summed E-state index contributed by atoms with van der Waals surface area (Å²) in [6, 6.07) is 4.42. The zero-order chi connectivity index (χ0) is 16.4. The molecule has 1 aliphatic heterocycles. The second-order valence-electron chi connectivity index (χ2n) is 6.05. The van der Waals surface area contributed by atoms with Gasteiger partial charge in [0, 0.05) is 59.9 Å². The van der Waals surface area contributed by atoms with Gasteiger partial charge in [-0.05, 0) is 26.0 Å². The van der Waals surface area contributed by atoms with Crippen molar-refractivity contribution in [3.05, 3.63) is 35.0 Å². The van der Waals surface area contributed by atoms with Gasteiger partial charge in [-0.25, -0.2) is 0 Å². The van der Waals surface area contributed by atoms with Crippen LogP contribution in [0.5, 0.6) is 0 Å². The number of carbonyl (C=O) groups excluding carboxylic acids is 1. The van der Waals surface area contributed by atoms with Crippen molar-refractivity contribution in [2.75, 3.05) is 32.8 Å². The van der Waals surface area contributed by atoms with Crippen LogP contribution in [0.4, 0.5) is 0 Å². The van der Waals surface area contributed by atoms with E-state index in [0.717, 1.165) is 22.5 Å². The molecule has 1 unspecified atom stereocenters. The summed E-state index contributed by atoms with van der Waals surface area (Å²) < 4.78 is 0. The van der Waals surface area contributed by atoms with Crippen LogP contribution < -0.4 is 0 Å². The van der Waals surface area contributed by atoms with E-state index in [0.29, 0.717) is 19.6 Å². The number of aliphatic hydroxyl groups excluding tert-OH is 1. The van der Waals surface area contributed by atoms with Crippen molar-refractivity contribution in [1.82, 2.24) is 14.8 Å². The van der Waals surface area contributed by atoms with Gasteiger partial charge in [0.2, 0.25) is 0 Å². The van der Waals surface area contributed by atoms with Crippen molar-refractivity contribution in [2.45, 2.75) is 19.9 Å². The number of amides is 1. The van der Waals surface area contributed by atoms with Gasteiger partial charge in [0.05, 0.1) is 12.2 Å². The van der Waals surface area contributed by atoms with Gasteiger partial charge in [0.1, 0.15) is 0 Å². The first-order valence-corrected chi connectivity index (χ1v) is 8.79. The fourth-order valence-electron chi connectivity index (χ4n) is 3.13. The molecule has 0 spiro atoms. The number of carbonyl (C=O) groups is 1. The van der Waals surface area contributed by atoms with Crippen molar-refractivity contribution < 1.29 is 9.90 Å². The Hall–Kier alpha value is -1.63. The van der Waals surface area contributed by atoms with Crippen molar-refractivity contribution in [3.63, 3.8) is 0 Å². The molecule has 2 aromatic heterocycles.